The molecule has 0 aromatic carbocycles. The summed E-state index contributed by atoms with van der Waals surface area (Å²) >= 11 is 0. The highest BCUT2D eigenvalue weighted by Crippen LogP contribution is 2.11. The fourth-order valence-corrected chi connectivity index (χ4v) is 2.27. The van der Waals surface area contributed by atoms with E-state index in [-0.39, 0.29) is 11.8 Å². The molecule has 104 valence electrons. The van der Waals surface area contributed by atoms with Crippen molar-refractivity contribution in [3.63, 3.8) is 0 Å². The Morgan fingerprint density at radius 1 is 1.33 bits per heavy atom. The van der Waals surface area contributed by atoms with Crippen LogP contribution in [0.2, 0.25) is 0 Å². The van der Waals surface area contributed by atoms with Gasteiger partial charge < -0.3 is 15.5 Å². The van der Waals surface area contributed by atoms with Gasteiger partial charge in [0, 0.05) is 32.5 Å². The van der Waals surface area contributed by atoms with Gasteiger partial charge in [-0.1, -0.05) is 0 Å². The van der Waals surface area contributed by atoms with Crippen LogP contribution in [0.25, 0.3) is 0 Å². The molecule has 0 radical (unpaired) electrons. The summed E-state index contributed by atoms with van der Waals surface area (Å²) in [6.45, 7) is 7.80. The Morgan fingerprint density at radius 2 is 2.06 bits per heavy atom. The number of hydrogen-bond donors (Lipinski definition) is 2. The van der Waals surface area contributed by atoms with Crippen molar-refractivity contribution < 1.29 is 9.59 Å². The normalized spacial score (nSPS) is 18.7. The second kappa shape index (κ2) is 8.08. The van der Waals surface area contributed by atoms with E-state index in [1.165, 1.54) is 0 Å². The highest BCUT2D eigenvalue weighted by atomic mass is 16.2. The molecule has 0 saturated carbocycles. The molecule has 2 amide bonds. The maximum absolute atomic E-state index is 11.7. The van der Waals surface area contributed by atoms with E-state index in [9.17, 15) is 9.59 Å². The van der Waals surface area contributed by atoms with Crippen molar-refractivity contribution in [3.05, 3.63) is 0 Å². The third-order valence-corrected chi connectivity index (χ3v) is 3.41. The van der Waals surface area contributed by atoms with Gasteiger partial charge in [-0.3, -0.25) is 9.59 Å². The molecule has 0 aliphatic carbocycles. The first-order valence-electron chi connectivity index (χ1n) is 6.92. The molecular formula is C13H25N3O2. The van der Waals surface area contributed by atoms with E-state index >= 15 is 0 Å². The minimum Gasteiger partial charge on any atom is -0.356 e. The first kappa shape index (κ1) is 15.0. The monoisotopic (exact) mass is 255 g/mol. The van der Waals surface area contributed by atoms with Crippen molar-refractivity contribution in [3.8, 4) is 0 Å². The van der Waals surface area contributed by atoms with Gasteiger partial charge in [0.25, 0.3) is 0 Å². The Bertz CT molecular complexity index is 271. The number of amides is 2. The van der Waals surface area contributed by atoms with E-state index in [1.807, 2.05) is 13.8 Å². The zero-order chi connectivity index (χ0) is 13.4. The predicted molar refractivity (Wildman–Crippen MR) is 71.1 cm³/mol. The van der Waals surface area contributed by atoms with Crippen LogP contribution < -0.4 is 10.6 Å². The summed E-state index contributed by atoms with van der Waals surface area (Å²) in [4.78, 5) is 25.1. The zero-order valence-corrected chi connectivity index (χ0v) is 11.5. The molecule has 1 fully saturated rings. The largest absolute Gasteiger partial charge is 0.356 e. The van der Waals surface area contributed by atoms with Crippen LogP contribution in [0.3, 0.4) is 0 Å². The molecule has 1 atom stereocenters. The van der Waals surface area contributed by atoms with Crippen molar-refractivity contribution in [1.82, 2.24) is 15.5 Å². The van der Waals surface area contributed by atoms with E-state index < -0.39 is 0 Å². The second-order valence-electron chi connectivity index (χ2n) is 4.73. The number of nitrogens with zero attached hydrogens (tertiary/aromatic N) is 1. The molecule has 1 unspecified atom stereocenters. The third-order valence-electron chi connectivity index (χ3n) is 3.41. The first-order chi connectivity index (χ1) is 8.67. The molecule has 0 aromatic heterocycles. The van der Waals surface area contributed by atoms with Crippen molar-refractivity contribution in [2.75, 3.05) is 32.7 Å². The smallest absolute Gasteiger partial charge is 0.224 e. The van der Waals surface area contributed by atoms with E-state index in [0.717, 1.165) is 32.6 Å². The second-order valence-corrected chi connectivity index (χ2v) is 4.73. The van der Waals surface area contributed by atoms with Gasteiger partial charge in [-0.05, 0) is 39.3 Å². The van der Waals surface area contributed by atoms with Gasteiger partial charge in [0.15, 0.2) is 0 Å². The van der Waals surface area contributed by atoms with Crippen LogP contribution in [0.5, 0.6) is 0 Å². The maximum atomic E-state index is 11.7. The average molecular weight is 255 g/mol. The van der Waals surface area contributed by atoms with Crippen LogP contribution >= 0.6 is 0 Å². The quantitative estimate of drug-likeness (QED) is 0.690. The predicted octanol–water partition coefficient (Wildman–Crippen LogP) is 0.361. The molecular weight excluding hydrogens is 230 g/mol. The Morgan fingerprint density at radius 3 is 2.61 bits per heavy atom. The van der Waals surface area contributed by atoms with Gasteiger partial charge in [-0.15, -0.1) is 0 Å². The summed E-state index contributed by atoms with van der Waals surface area (Å²) < 4.78 is 0. The van der Waals surface area contributed by atoms with Crippen LogP contribution in [-0.4, -0.2) is 49.4 Å². The average Bonchev–Trinajstić information content (AvgIpc) is 2.83. The van der Waals surface area contributed by atoms with Crippen LogP contribution in [0.4, 0.5) is 0 Å². The molecule has 18 heavy (non-hydrogen) atoms. The summed E-state index contributed by atoms with van der Waals surface area (Å²) in [6, 6.07) is 0. The fraction of sp³-hybridized carbons (Fsp3) is 0.846. The molecule has 2 N–H and O–H groups in total. The molecule has 1 saturated heterocycles. The molecule has 0 spiro atoms. The summed E-state index contributed by atoms with van der Waals surface area (Å²) in [5.41, 5.74) is 0. The number of carbonyl (C=O) groups excluding carboxylic acids is 2. The Kier molecular flexibility index (Phi) is 6.72. The highest BCUT2D eigenvalue weighted by Gasteiger charge is 2.18. The standard InChI is InChI=1S/C13H25N3O2/c1-3-16(4-2)13(18)6-8-15-12(17)9-11-5-7-14-10-11/h11,14H,3-10H2,1-2H3,(H,15,17). The topological polar surface area (TPSA) is 61.4 Å². The third kappa shape index (κ3) is 5.04. The SMILES string of the molecule is CCN(CC)C(=O)CCNC(=O)CC1CCNC1. The first-order valence-corrected chi connectivity index (χ1v) is 6.92. The lowest BCUT2D eigenvalue weighted by molar-refractivity contribution is -0.130. The summed E-state index contributed by atoms with van der Waals surface area (Å²) in [5.74, 6) is 0.641. The minimum absolute atomic E-state index is 0.0658. The van der Waals surface area contributed by atoms with Crippen molar-refractivity contribution in [2.24, 2.45) is 5.92 Å². The molecule has 1 aliphatic heterocycles. The van der Waals surface area contributed by atoms with Gasteiger partial charge in [0.05, 0.1) is 0 Å². The molecule has 1 aliphatic rings. The van der Waals surface area contributed by atoms with Gasteiger partial charge in [-0.2, -0.15) is 0 Å². The van der Waals surface area contributed by atoms with Gasteiger partial charge in [-0.25, -0.2) is 0 Å². The van der Waals surface area contributed by atoms with Crippen molar-refractivity contribution >= 4 is 11.8 Å². The minimum atomic E-state index is 0.0658. The van der Waals surface area contributed by atoms with Gasteiger partial charge >= 0.3 is 0 Å². The van der Waals surface area contributed by atoms with Gasteiger partial charge in [0.2, 0.25) is 11.8 Å². The van der Waals surface area contributed by atoms with E-state index in [1.54, 1.807) is 4.90 Å². The van der Waals surface area contributed by atoms with Crippen LogP contribution in [0.1, 0.15) is 33.1 Å². The highest BCUT2D eigenvalue weighted by molar-refractivity contribution is 5.79. The van der Waals surface area contributed by atoms with Gasteiger partial charge in [0.1, 0.15) is 0 Å². The van der Waals surface area contributed by atoms with Crippen molar-refractivity contribution in [2.45, 2.75) is 33.1 Å². The molecule has 0 aromatic rings. The number of carbonyl (C=O) groups is 2. The fourth-order valence-electron chi connectivity index (χ4n) is 2.27. The maximum Gasteiger partial charge on any atom is 0.224 e. The van der Waals surface area contributed by atoms with Crippen LogP contribution in [-0.2, 0) is 9.59 Å². The Labute approximate surface area is 109 Å². The van der Waals surface area contributed by atoms with E-state index in [2.05, 4.69) is 10.6 Å². The Balaban J connectivity index is 2.12. The number of nitrogens with one attached hydrogen (secondary N) is 2. The van der Waals surface area contributed by atoms with Crippen molar-refractivity contribution in [1.29, 1.82) is 0 Å². The number of hydrogen-bond acceptors (Lipinski definition) is 3. The Hall–Kier alpha value is -1.10. The van der Waals surface area contributed by atoms with E-state index in [0.29, 0.717) is 25.3 Å². The lowest BCUT2D eigenvalue weighted by Crippen LogP contribution is -2.34. The molecule has 5 nitrogen and oxygen atoms in total. The summed E-state index contributed by atoms with van der Waals surface area (Å²) in [7, 11) is 0. The zero-order valence-electron chi connectivity index (χ0n) is 11.5. The van der Waals surface area contributed by atoms with Crippen LogP contribution in [0.15, 0.2) is 0 Å². The molecule has 0 bridgehead atoms. The van der Waals surface area contributed by atoms with Crippen LogP contribution in [0, 0.1) is 5.92 Å². The summed E-state index contributed by atoms with van der Waals surface area (Å²) in [6.07, 6.45) is 2.05. The summed E-state index contributed by atoms with van der Waals surface area (Å²) in [5, 5.41) is 6.07. The van der Waals surface area contributed by atoms with E-state index in [4.69, 9.17) is 0 Å². The lowest BCUT2D eigenvalue weighted by Gasteiger charge is -2.18. The molecule has 1 rings (SSSR count). The molecule has 1 heterocycles. The number of rotatable bonds is 7. The lowest BCUT2D eigenvalue weighted by atomic mass is 10.0. The molecule has 5 heteroatoms.